The SMILES string of the molecule is Cc1c(O)cccc1C(=O)N[C@@H](Cc1ccccc1)[C@H](O)C(=O)N1CSC2(CCC2)[C@H]1C(=O)N[C@@H]1C=CCCC1. The van der Waals surface area contributed by atoms with Gasteiger partial charge in [0.2, 0.25) is 5.91 Å². The second-order valence-corrected chi connectivity index (χ2v) is 12.4. The van der Waals surface area contributed by atoms with Gasteiger partial charge in [0, 0.05) is 21.9 Å². The Hall–Kier alpha value is -3.30. The molecular formula is C31H37N3O5S. The van der Waals surface area contributed by atoms with Crippen molar-refractivity contribution in [1.82, 2.24) is 15.5 Å². The van der Waals surface area contributed by atoms with E-state index in [-0.39, 0.29) is 34.4 Å². The first-order valence-electron chi connectivity index (χ1n) is 14.0. The lowest BCUT2D eigenvalue weighted by Crippen LogP contribution is -2.62. The lowest BCUT2D eigenvalue weighted by molar-refractivity contribution is -0.148. The zero-order valence-electron chi connectivity index (χ0n) is 22.7. The maximum atomic E-state index is 13.9. The van der Waals surface area contributed by atoms with E-state index in [0.29, 0.717) is 11.4 Å². The minimum Gasteiger partial charge on any atom is -0.508 e. The van der Waals surface area contributed by atoms with E-state index in [0.717, 1.165) is 44.1 Å². The predicted molar refractivity (Wildman–Crippen MR) is 155 cm³/mol. The summed E-state index contributed by atoms with van der Waals surface area (Å²) in [5.74, 6) is -0.937. The van der Waals surface area contributed by atoms with Crippen molar-refractivity contribution in [2.24, 2.45) is 0 Å². The smallest absolute Gasteiger partial charge is 0.254 e. The molecule has 2 aromatic carbocycles. The molecule has 1 saturated heterocycles. The molecule has 212 valence electrons. The van der Waals surface area contributed by atoms with Crippen LogP contribution in [-0.2, 0) is 16.0 Å². The Morgan fingerprint density at radius 1 is 1.10 bits per heavy atom. The third kappa shape index (κ3) is 5.76. The quantitative estimate of drug-likeness (QED) is 0.366. The van der Waals surface area contributed by atoms with Gasteiger partial charge in [-0.2, -0.15) is 0 Å². The van der Waals surface area contributed by atoms with Crippen LogP contribution in [0.15, 0.2) is 60.7 Å². The van der Waals surface area contributed by atoms with Gasteiger partial charge in [-0.3, -0.25) is 14.4 Å². The Labute approximate surface area is 239 Å². The molecule has 1 aliphatic heterocycles. The number of allylic oxidation sites excluding steroid dienone is 1. The van der Waals surface area contributed by atoms with Gasteiger partial charge in [0.1, 0.15) is 11.8 Å². The molecule has 4 N–H and O–H groups in total. The highest BCUT2D eigenvalue weighted by Gasteiger charge is 2.57. The van der Waals surface area contributed by atoms with Gasteiger partial charge in [-0.15, -0.1) is 11.8 Å². The van der Waals surface area contributed by atoms with Crippen LogP contribution < -0.4 is 10.6 Å². The van der Waals surface area contributed by atoms with E-state index in [2.05, 4.69) is 16.7 Å². The first kappa shape index (κ1) is 28.2. The molecule has 3 aliphatic rings. The Morgan fingerprint density at radius 3 is 2.55 bits per heavy atom. The van der Waals surface area contributed by atoms with Crippen molar-refractivity contribution in [1.29, 1.82) is 0 Å². The summed E-state index contributed by atoms with van der Waals surface area (Å²) in [6.45, 7) is 1.64. The van der Waals surface area contributed by atoms with Crippen molar-refractivity contribution < 1.29 is 24.6 Å². The molecule has 1 saturated carbocycles. The van der Waals surface area contributed by atoms with Crippen LogP contribution in [0.2, 0.25) is 0 Å². The van der Waals surface area contributed by atoms with E-state index in [4.69, 9.17) is 0 Å². The fourth-order valence-electron chi connectivity index (χ4n) is 5.91. The molecule has 0 unspecified atom stereocenters. The number of rotatable bonds is 8. The third-order valence-electron chi connectivity index (χ3n) is 8.41. The minimum absolute atomic E-state index is 0.00885. The van der Waals surface area contributed by atoms with Crippen molar-refractivity contribution in [3.8, 4) is 5.75 Å². The van der Waals surface area contributed by atoms with Crippen LogP contribution in [0.4, 0.5) is 0 Å². The van der Waals surface area contributed by atoms with Crippen LogP contribution in [0.3, 0.4) is 0 Å². The normalized spacial score (nSPS) is 22.8. The molecule has 2 fully saturated rings. The molecule has 1 heterocycles. The highest BCUT2D eigenvalue weighted by atomic mass is 32.2. The number of carbonyl (C=O) groups excluding carboxylic acids is 3. The number of carbonyl (C=O) groups is 3. The Kier molecular flexibility index (Phi) is 8.51. The van der Waals surface area contributed by atoms with Gasteiger partial charge in [0.25, 0.3) is 11.8 Å². The fraction of sp³-hybridized carbons (Fsp3) is 0.452. The summed E-state index contributed by atoms with van der Waals surface area (Å²) < 4.78 is -0.339. The number of amides is 3. The standard InChI is InChI=1S/C31H37N3O5S/c1-20-23(14-8-15-25(20)35)28(37)33-24(18-21-10-4-2-5-11-21)26(36)30(39)34-19-40-31(16-9-17-31)27(34)29(38)32-22-12-6-3-7-13-22/h2,4-6,8,10-12,14-15,22,24,26-27,35-36H,3,7,9,13,16-19H2,1H3,(H,32,38)(H,33,37)/t22-,24+,26+,27-/m1/s1. The Morgan fingerprint density at radius 2 is 1.88 bits per heavy atom. The predicted octanol–water partition coefficient (Wildman–Crippen LogP) is 3.45. The zero-order chi connectivity index (χ0) is 28.3. The topological polar surface area (TPSA) is 119 Å². The first-order valence-corrected chi connectivity index (χ1v) is 15.0. The summed E-state index contributed by atoms with van der Waals surface area (Å²) >= 11 is 1.61. The first-order chi connectivity index (χ1) is 19.3. The summed E-state index contributed by atoms with van der Waals surface area (Å²) in [6.07, 6.45) is 8.31. The maximum absolute atomic E-state index is 13.9. The molecule has 0 aromatic heterocycles. The number of nitrogens with one attached hydrogen (secondary N) is 2. The van der Waals surface area contributed by atoms with E-state index in [9.17, 15) is 24.6 Å². The monoisotopic (exact) mass is 563 g/mol. The average Bonchev–Trinajstić information content (AvgIpc) is 3.36. The lowest BCUT2D eigenvalue weighted by atomic mass is 9.77. The van der Waals surface area contributed by atoms with Gasteiger partial charge < -0.3 is 25.7 Å². The Balaban J connectivity index is 1.38. The number of thioether (sulfide) groups is 1. The number of aliphatic hydroxyl groups is 1. The summed E-state index contributed by atoms with van der Waals surface area (Å²) in [6, 6.07) is 12.3. The molecule has 4 atom stereocenters. The van der Waals surface area contributed by atoms with E-state index in [1.165, 1.54) is 11.0 Å². The number of aliphatic hydroxyl groups excluding tert-OH is 1. The molecule has 0 bridgehead atoms. The molecule has 3 amide bonds. The zero-order valence-corrected chi connectivity index (χ0v) is 23.5. The van der Waals surface area contributed by atoms with Gasteiger partial charge >= 0.3 is 0 Å². The summed E-state index contributed by atoms with van der Waals surface area (Å²) in [4.78, 5) is 42.4. The van der Waals surface area contributed by atoms with Crippen molar-refractivity contribution in [3.05, 3.63) is 77.4 Å². The van der Waals surface area contributed by atoms with Gasteiger partial charge in [-0.05, 0) is 63.1 Å². The second-order valence-electron chi connectivity index (χ2n) is 11.0. The molecule has 2 aliphatic carbocycles. The van der Waals surface area contributed by atoms with E-state index in [1.54, 1.807) is 30.8 Å². The Bertz CT molecular complexity index is 1280. The van der Waals surface area contributed by atoms with Crippen LogP contribution in [0.25, 0.3) is 0 Å². The second kappa shape index (κ2) is 12.1. The number of phenols is 1. The van der Waals surface area contributed by atoms with Crippen LogP contribution >= 0.6 is 11.8 Å². The number of aromatic hydroxyl groups is 1. The average molecular weight is 564 g/mol. The molecule has 0 radical (unpaired) electrons. The van der Waals surface area contributed by atoms with Gasteiger partial charge in [0.05, 0.1) is 11.9 Å². The summed E-state index contributed by atoms with van der Waals surface area (Å²) in [5, 5.41) is 27.6. The van der Waals surface area contributed by atoms with Crippen molar-refractivity contribution in [2.45, 2.75) is 80.8 Å². The fourth-order valence-corrected chi connectivity index (χ4v) is 7.55. The van der Waals surface area contributed by atoms with Crippen LogP contribution in [0, 0.1) is 6.92 Å². The van der Waals surface area contributed by atoms with Gasteiger partial charge in [-0.25, -0.2) is 0 Å². The third-order valence-corrected chi connectivity index (χ3v) is 10.0. The largest absolute Gasteiger partial charge is 0.508 e. The van der Waals surface area contributed by atoms with E-state index < -0.39 is 30.0 Å². The van der Waals surface area contributed by atoms with Crippen LogP contribution in [-0.4, -0.2) is 67.7 Å². The molecule has 8 nitrogen and oxygen atoms in total. The molecule has 9 heteroatoms. The molecule has 2 aromatic rings. The highest BCUT2D eigenvalue weighted by molar-refractivity contribution is 8.01. The summed E-state index contributed by atoms with van der Waals surface area (Å²) in [7, 11) is 0. The van der Waals surface area contributed by atoms with E-state index in [1.807, 2.05) is 36.4 Å². The van der Waals surface area contributed by atoms with Gasteiger partial charge in [-0.1, -0.05) is 55.0 Å². The number of benzene rings is 2. The number of hydrogen-bond acceptors (Lipinski definition) is 6. The summed E-state index contributed by atoms with van der Waals surface area (Å²) in [5.41, 5.74) is 1.52. The maximum Gasteiger partial charge on any atom is 0.254 e. The van der Waals surface area contributed by atoms with Crippen LogP contribution in [0.5, 0.6) is 5.75 Å². The van der Waals surface area contributed by atoms with Crippen molar-refractivity contribution in [3.63, 3.8) is 0 Å². The number of nitrogens with zero attached hydrogens (tertiary/aromatic N) is 1. The van der Waals surface area contributed by atoms with E-state index >= 15 is 0 Å². The number of phenolic OH excluding ortho intramolecular Hbond substituents is 1. The van der Waals surface area contributed by atoms with Gasteiger partial charge in [0.15, 0.2) is 6.10 Å². The minimum atomic E-state index is -1.57. The highest BCUT2D eigenvalue weighted by Crippen LogP contribution is 2.53. The molecule has 40 heavy (non-hydrogen) atoms. The van der Waals surface area contributed by atoms with Crippen molar-refractivity contribution in [2.75, 3.05) is 5.88 Å². The molecule has 5 rings (SSSR count). The molecule has 1 spiro atoms. The number of hydrogen-bond donors (Lipinski definition) is 4. The lowest BCUT2D eigenvalue weighted by Gasteiger charge is -2.43. The molecular weight excluding hydrogens is 526 g/mol. The van der Waals surface area contributed by atoms with Crippen LogP contribution in [0.1, 0.15) is 60.0 Å². The van der Waals surface area contributed by atoms with Crippen molar-refractivity contribution >= 4 is 29.5 Å².